The van der Waals surface area contributed by atoms with E-state index < -0.39 is 0 Å². The lowest BCUT2D eigenvalue weighted by Crippen LogP contribution is -2.50. The van der Waals surface area contributed by atoms with Gasteiger partial charge >= 0.3 is 0 Å². The molecule has 0 aliphatic heterocycles. The first-order valence-electron chi connectivity index (χ1n) is 9.30. The molecular weight excluding hydrogens is 272 g/mol. The third-order valence-corrected chi connectivity index (χ3v) is 8.03. The fourth-order valence-corrected chi connectivity index (χ4v) is 6.78. The summed E-state index contributed by atoms with van der Waals surface area (Å²) in [5.74, 6) is 3.88. The van der Waals surface area contributed by atoms with Crippen LogP contribution in [0.2, 0.25) is 0 Å². The van der Waals surface area contributed by atoms with Crippen molar-refractivity contribution in [2.75, 3.05) is 7.11 Å². The van der Waals surface area contributed by atoms with Crippen molar-refractivity contribution in [2.45, 2.75) is 71.6 Å². The summed E-state index contributed by atoms with van der Waals surface area (Å²) in [6, 6.07) is 0. The van der Waals surface area contributed by atoms with Crippen molar-refractivity contribution in [2.24, 2.45) is 28.6 Å². The second-order valence-electron chi connectivity index (χ2n) is 8.73. The minimum Gasteiger partial charge on any atom is -0.501 e. The van der Waals surface area contributed by atoms with E-state index in [0.717, 1.165) is 31.6 Å². The Morgan fingerprint density at radius 3 is 2.55 bits per heavy atom. The molecule has 122 valence electrons. The Morgan fingerprint density at radius 1 is 1.00 bits per heavy atom. The number of carbonyl (C=O) groups is 1. The number of carbonyl (C=O) groups excluding carboxylic acids is 1. The smallest absolute Gasteiger partial charge is 0.139 e. The number of allylic oxidation sites excluding steroid dienone is 2. The molecule has 4 aliphatic rings. The molecule has 2 nitrogen and oxygen atoms in total. The summed E-state index contributed by atoms with van der Waals surface area (Å²) in [5, 5.41) is 0. The van der Waals surface area contributed by atoms with Gasteiger partial charge in [-0.1, -0.05) is 20.3 Å². The second kappa shape index (κ2) is 4.85. The van der Waals surface area contributed by atoms with Gasteiger partial charge in [-0.05, 0) is 67.3 Å². The molecule has 0 aromatic carbocycles. The molecule has 0 aromatic heterocycles. The lowest BCUT2D eigenvalue weighted by Gasteiger charge is -2.57. The molecule has 5 atom stereocenters. The molecule has 22 heavy (non-hydrogen) atoms. The summed E-state index contributed by atoms with van der Waals surface area (Å²) in [6.07, 6.45) is 10.7. The summed E-state index contributed by atoms with van der Waals surface area (Å²) in [7, 11) is 1.86. The van der Waals surface area contributed by atoms with Crippen molar-refractivity contribution in [1.82, 2.24) is 0 Å². The maximum Gasteiger partial charge on any atom is 0.139 e. The molecule has 3 fully saturated rings. The molecule has 4 rings (SSSR count). The lowest BCUT2D eigenvalue weighted by atomic mass is 9.48. The van der Waals surface area contributed by atoms with Crippen LogP contribution in [0.5, 0.6) is 0 Å². The summed E-state index contributed by atoms with van der Waals surface area (Å²) in [4.78, 5) is 12.5. The Kier molecular flexibility index (Phi) is 3.26. The fraction of sp³-hybridized carbons (Fsp3) is 0.850. The van der Waals surface area contributed by atoms with Crippen LogP contribution in [-0.4, -0.2) is 12.9 Å². The van der Waals surface area contributed by atoms with Crippen LogP contribution in [0.25, 0.3) is 0 Å². The van der Waals surface area contributed by atoms with Crippen LogP contribution in [0.1, 0.15) is 71.6 Å². The number of rotatable bonds is 1. The molecule has 3 saturated carbocycles. The largest absolute Gasteiger partial charge is 0.501 e. The van der Waals surface area contributed by atoms with Crippen LogP contribution in [0, 0.1) is 28.6 Å². The van der Waals surface area contributed by atoms with E-state index in [1.165, 1.54) is 37.9 Å². The molecule has 2 heteroatoms. The maximum atomic E-state index is 12.5. The van der Waals surface area contributed by atoms with Crippen LogP contribution < -0.4 is 0 Å². The quantitative estimate of drug-likeness (QED) is 0.690. The summed E-state index contributed by atoms with van der Waals surface area (Å²) in [5.41, 5.74) is 1.96. The third kappa shape index (κ3) is 1.76. The van der Waals surface area contributed by atoms with E-state index in [0.29, 0.717) is 23.0 Å². The second-order valence-corrected chi connectivity index (χ2v) is 8.73. The Labute approximate surface area is 134 Å². The molecule has 0 aromatic rings. The first-order chi connectivity index (χ1) is 10.5. The number of ether oxygens (including phenoxy) is 1. The molecule has 0 radical (unpaired) electrons. The van der Waals surface area contributed by atoms with Crippen LogP contribution in [0.3, 0.4) is 0 Å². The van der Waals surface area contributed by atoms with E-state index in [4.69, 9.17) is 4.74 Å². The maximum absolute atomic E-state index is 12.5. The normalized spacial score (nSPS) is 47.8. The van der Waals surface area contributed by atoms with Crippen molar-refractivity contribution in [1.29, 1.82) is 0 Å². The average Bonchev–Trinajstić information content (AvgIpc) is 2.82. The van der Waals surface area contributed by atoms with Crippen LogP contribution in [0.15, 0.2) is 11.3 Å². The van der Waals surface area contributed by atoms with Gasteiger partial charge in [-0.3, -0.25) is 4.79 Å². The lowest BCUT2D eigenvalue weighted by molar-refractivity contribution is -0.132. The predicted molar refractivity (Wildman–Crippen MR) is 87.3 cm³/mol. The molecule has 0 saturated heterocycles. The van der Waals surface area contributed by atoms with Gasteiger partial charge < -0.3 is 4.74 Å². The molecule has 0 spiro atoms. The van der Waals surface area contributed by atoms with Gasteiger partial charge in [0.25, 0.3) is 0 Å². The van der Waals surface area contributed by atoms with Crippen molar-refractivity contribution in [3.8, 4) is 0 Å². The summed E-state index contributed by atoms with van der Waals surface area (Å²) in [6.45, 7) is 4.77. The first kappa shape index (κ1) is 14.8. The van der Waals surface area contributed by atoms with Gasteiger partial charge in [0.2, 0.25) is 0 Å². The minimum absolute atomic E-state index is 0.0252. The highest BCUT2D eigenvalue weighted by Gasteiger charge is 2.59. The number of methoxy groups -OCH3 is 1. The molecule has 0 heterocycles. The zero-order valence-corrected chi connectivity index (χ0v) is 14.4. The van der Waals surface area contributed by atoms with Gasteiger partial charge in [0.15, 0.2) is 0 Å². The Bertz CT molecular complexity index is 534. The minimum atomic E-state index is -0.0252. The highest BCUT2D eigenvalue weighted by Crippen LogP contribution is 2.65. The van der Waals surface area contributed by atoms with Gasteiger partial charge in [-0.15, -0.1) is 0 Å². The van der Waals surface area contributed by atoms with Crippen LogP contribution in [-0.2, 0) is 9.53 Å². The molecule has 0 unspecified atom stereocenters. The van der Waals surface area contributed by atoms with E-state index in [1.807, 2.05) is 7.11 Å². The standard InChI is InChI=1S/C20H30O2/c1-19-10-5-4-6-16(19)17(22-3)12-13-14-7-8-18(21)20(14,2)11-9-15(13)19/h13-15H,4-12H2,1-3H3/t13-,14-,15+,19+,20-/m0/s1. The van der Waals surface area contributed by atoms with Crippen molar-refractivity contribution in [3.63, 3.8) is 0 Å². The fourth-order valence-electron chi connectivity index (χ4n) is 6.78. The molecular formula is C20H30O2. The van der Waals surface area contributed by atoms with E-state index in [2.05, 4.69) is 13.8 Å². The number of ketones is 1. The van der Waals surface area contributed by atoms with Crippen molar-refractivity contribution < 1.29 is 9.53 Å². The number of hydrogen-bond acceptors (Lipinski definition) is 2. The molecule has 0 amide bonds. The molecule has 0 bridgehead atoms. The SMILES string of the molecule is COC1=C2CCCC[C@]2(C)[C@@H]2CC[C@]3(C)C(=O)CC[C@H]3[C@@H]2C1. The van der Waals surface area contributed by atoms with E-state index in [-0.39, 0.29) is 5.41 Å². The number of Topliss-reactive ketones (excluding diaryl/α,β-unsaturated/α-hetero) is 1. The van der Waals surface area contributed by atoms with Crippen molar-refractivity contribution in [3.05, 3.63) is 11.3 Å². The highest BCUT2D eigenvalue weighted by molar-refractivity contribution is 5.87. The van der Waals surface area contributed by atoms with Gasteiger partial charge in [0, 0.05) is 18.3 Å². The van der Waals surface area contributed by atoms with Gasteiger partial charge in [-0.25, -0.2) is 0 Å². The highest BCUT2D eigenvalue weighted by atomic mass is 16.5. The van der Waals surface area contributed by atoms with Gasteiger partial charge in [0.05, 0.1) is 12.9 Å². The van der Waals surface area contributed by atoms with E-state index in [1.54, 1.807) is 5.57 Å². The first-order valence-corrected chi connectivity index (χ1v) is 9.30. The predicted octanol–water partition coefficient (Wildman–Crippen LogP) is 4.88. The summed E-state index contributed by atoms with van der Waals surface area (Å²) >= 11 is 0. The Morgan fingerprint density at radius 2 is 1.77 bits per heavy atom. The van der Waals surface area contributed by atoms with Gasteiger partial charge in [-0.2, -0.15) is 0 Å². The zero-order valence-electron chi connectivity index (χ0n) is 14.4. The number of hydrogen-bond donors (Lipinski definition) is 0. The summed E-state index contributed by atoms with van der Waals surface area (Å²) < 4.78 is 5.88. The van der Waals surface area contributed by atoms with Gasteiger partial charge in [0.1, 0.15) is 5.78 Å². The molecule has 4 aliphatic carbocycles. The third-order valence-electron chi connectivity index (χ3n) is 8.03. The van der Waals surface area contributed by atoms with Crippen LogP contribution >= 0.6 is 0 Å². The monoisotopic (exact) mass is 302 g/mol. The van der Waals surface area contributed by atoms with Crippen LogP contribution in [0.4, 0.5) is 0 Å². The topological polar surface area (TPSA) is 26.3 Å². The van der Waals surface area contributed by atoms with E-state index >= 15 is 0 Å². The average molecular weight is 302 g/mol. The number of fused-ring (bicyclic) bond motifs is 5. The molecule has 0 N–H and O–H groups in total. The van der Waals surface area contributed by atoms with E-state index in [9.17, 15) is 4.79 Å². The zero-order chi connectivity index (χ0) is 15.5. The Balaban J connectivity index is 1.76. The Hall–Kier alpha value is -0.790. The van der Waals surface area contributed by atoms with Crippen molar-refractivity contribution >= 4 is 5.78 Å².